The van der Waals surface area contributed by atoms with Crippen LogP contribution in [-0.4, -0.2) is 24.7 Å². The Morgan fingerprint density at radius 2 is 2.17 bits per heavy atom. The molecule has 0 saturated heterocycles. The first kappa shape index (κ1) is 11.8. The second kappa shape index (κ2) is 3.86. The van der Waals surface area contributed by atoms with Gasteiger partial charge in [-0.1, -0.05) is 0 Å². The zero-order chi connectivity index (χ0) is 12.9. The van der Waals surface area contributed by atoms with Crippen molar-refractivity contribution in [3.05, 3.63) is 28.6 Å². The number of nitrogens with zero attached hydrogens (tertiary/aromatic N) is 3. The summed E-state index contributed by atoms with van der Waals surface area (Å²) in [5.74, 6) is 1.12. The fourth-order valence-corrected chi connectivity index (χ4v) is 4.02. The summed E-state index contributed by atoms with van der Waals surface area (Å²) in [4.78, 5) is 0. The van der Waals surface area contributed by atoms with Gasteiger partial charge in [0.2, 0.25) is 5.09 Å². The van der Waals surface area contributed by atoms with E-state index in [1.54, 1.807) is 23.9 Å². The maximum absolute atomic E-state index is 12.4. The SMILES string of the molecule is Cc1ccc(S(=O)(=O)N2CCn3ncc(Br)c32)o1. The van der Waals surface area contributed by atoms with Crippen LogP contribution in [0.3, 0.4) is 0 Å². The minimum Gasteiger partial charge on any atom is -0.448 e. The number of anilines is 1. The smallest absolute Gasteiger partial charge is 0.299 e. The van der Waals surface area contributed by atoms with E-state index in [1.165, 1.54) is 10.4 Å². The molecule has 0 unspecified atom stereocenters. The van der Waals surface area contributed by atoms with Crippen LogP contribution in [0.4, 0.5) is 5.82 Å². The Kier molecular flexibility index (Phi) is 2.53. The monoisotopic (exact) mass is 331 g/mol. The summed E-state index contributed by atoms with van der Waals surface area (Å²) < 4.78 is 33.7. The Morgan fingerprint density at radius 3 is 2.83 bits per heavy atom. The molecule has 18 heavy (non-hydrogen) atoms. The van der Waals surface area contributed by atoms with E-state index in [4.69, 9.17) is 4.42 Å². The predicted octanol–water partition coefficient (Wildman–Crippen LogP) is 1.76. The summed E-state index contributed by atoms with van der Waals surface area (Å²) in [6.45, 7) is 2.62. The van der Waals surface area contributed by atoms with E-state index in [9.17, 15) is 8.42 Å². The van der Waals surface area contributed by atoms with Gasteiger partial charge in [-0.25, -0.2) is 8.99 Å². The molecule has 0 fully saturated rings. The van der Waals surface area contributed by atoms with Gasteiger partial charge in [-0.3, -0.25) is 0 Å². The van der Waals surface area contributed by atoms with Crippen molar-refractivity contribution in [3.8, 4) is 0 Å². The van der Waals surface area contributed by atoms with Gasteiger partial charge in [-0.15, -0.1) is 0 Å². The number of hydrogen-bond acceptors (Lipinski definition) is 4. The fourth-order valence-electron chi connectivity index (χ4n) is 1.95. The van der Waals surface area contributed by atoms with Crippen molar-refractivity contribution in [2.45, 2.75) is 18.6 Å². The standard InChI is InChI=1S/C10H10BrN3O3S/c1-7-2-3-9(17-7)18(15,16)14-5-4-13-10(14)8(11)6-12-13/h2-3,6H,4-5H2,1H3. The Morgan fingerprint density at radius 1 is 1.39 bits per heavy atom. The van der Waals surface area contributed by atoms with E-state index in [2.05, 4.69) is 21.0 Å². The average Bonchev–Trinajstić information content (AvgIpc) is 2.97. The number of fused-ring (bicyclic) bond motifs is 1. The largest absolute Gasteiger partial charge is 0.448 e. The molecule has 3 heterocycles. The molecule has 6 nitrogen and oxygen atoms in total. The van der Waals surface area contributed by atoms with Crippen molar-refractivity contribution in [1.82, 2.24) is 9.78 Å². The molecule has 8 heteroatoms. The number of rotatable bonds is 2. The van der Waals surface area contributed by atoms with Crippen molar-refractivity contribution in [2.24, 2.45) is 0 Å². The number of hydrogen-bond donors (Lipinski definition) is 0. The number of aromatic nitrogens is 2. The third-order valence-corrected chi connectivity index (χ3v) is 5.00. The molecule has 1 aliphatic rings. The summed E-state index contributed by atoms with van der Waals surface area (Å²) in [6, 6.07) is 3.10. The van der Waals surface area contributed by atoms with Crippen LogP contribution in [-0.2, 0) is 16.6 Å². The molecule has 0 aliphatic carbocycles. The van der Waals surface area contributed by atoms with Gasteiger partial charge in [0.25, 0.3) is 10.0 Å². The Labute approximate surface area is 112 Å². The van der Waals surface area contributed by atoms with Gasteiger partial charge < -0.3 is 4.42 Å². The highest BCUT2D eigenvalue weighted by atomic mass is 79.9. The summed E-state index contributed by atoms with van der Waals surface area (Å²) in [5, 5.41) is 4.05. The van der Waals surface area contributed by atoms with Gasteiger partial charge >= 0.3 is 0 Å². The van der Waals surface area contributed by atoms with E-state index in [0.717, 1.165) is 0 Å². The maximum atomic E-state index is 12.4. The van der Waals surface area contributed by atoms with Gasteiger partial charge in [0, 0.05) is 0 Å². The molecule has 0 aromatic carbocycles. The van der Waals surface area contributed by atoms with Crippen molar-refractivity contribution < 1.29 is 12.8 Å². The molecular weight excluding hydrogens is 322 g/mol. The first-order chi connectivity index (χ1) is 8.50. The quantitative estimate of drug-likeness (QED) is 0.840. The van der Waals surface area contributed by atoms with Crippen LogP contribution >= 0.6 is 15.9 Å². The van der Waals surface area contributed by atoms with Crippen LogP contribution in [0.2, 0.25) is 0 Å². The lowest BCUT2D eigenvalue weighted by Crippen LogP contribution is -2.28. The second-order valence-electron chi connectivity index (χ2n) is 3.98. The lowest BCUT2D eigenvalue weighted by Gasteiger charge is -2.15. The first-order valence-corrected chi connectivity index (χ1v) is 7.54. The molecule has 0 amide bonds. The van der Waals surface area contributed by atoms with Crippen LogP contribution < -0.4 is 4.31 Å². The number of sulfonamides is 1. The lowest BCUT2D eigenvalue weighted by molar-refractivity contribution is 0.428. The molecule has 96 valence electrons. The topological polar surface area (TPSA) is 68.3 Å². The highest BCUT2D eigenvalue weighted by Gasteiger charge is 2.35. The molecule has 0 N–H and O–H groups in total. The van der Waals surface area contributed by atoms with Crippen LogP contribution in [0, 0.1) is 6.92 Å². The fraction of sp³-hybridized carbons (Fsp3) is 0.300. The van der Waals surface area contributed by atoms with Crippen molar-refractivity contribution in [2.75, 3.05) is 10.8 Å². The first-order valence-electron chi connectivity index (χ1n) is 5.30. The average molecular weight is 332 g/mol. The number of aryl methyl sites for hydroxylation is 1. The normalized spacial score (nSPS) is 15.1. The minimum absolute atomic E-state index is 0.0402. The van der Waals surface area contributed by atoms with Gasteiger partial charge in [-0.05, 0) is 35.0 Å². The van der Waals surface area contributed by atoms with Gasteiger partial charge in [0.05, 0.1) is 23.8 Å². The van der Waals surface area contributed by atoms with Crippen molar-refractivity contribution >= 4 is 31.8 Å². The lowest BCUT2D eigenvalue weighted by atomic mass is 10.5. The van der Waals surface area contributed by atoms with Crippen molar-refractivity contribution in [3.63, 3.8) is 0 Å². The molecule has 1 aliphatic heterocycles. The van der Waals surface area contributed by atoms with Gasteiger partial charge in [-0.2, -0.15) is 13.5 Å². The van der Waals surface area contributed by atoms with E-state index >= 15 is 0 Å². The maximum Gasteiger partial charge on any atom is 0.299 e. The highest BCUT2D eigenvalue weighted by Crippen LogP contribution is 2.34. The summed E-state index contributed by atoms with van der Waals surface area (Å²) in [5.41, 5.74) is 0. The van der Waals surface area contributed by atoms with E-state index < -0.39 is 10.0 Å². The molecule has 0 radical (unpaired) electrons. The molecule has 2 aromatic heterocycles. The third-order valence-electron chi connectivity index (χ3n) is 2.78. The Hall–Kier alpha value is -1.28. The summed E-state index contributed by atoms with van der Waals surface area (Å²) >= 11 is 3.31. The summed E-state index contributed by atoms with van der Waals surface area (Å²) in [6.07, 6.45) is 1.59. The predicted molar refractivity (Wildman–Crippen MR) is 67.9 cm³/mol. The molecule has 2 aromatic rings. The number of halogens is 1. The molecular formula is C10H10BrN3O3S. The molecule has 0 atom stereocenters. The van der Waals surface area contributed by atoms with E-state index in [0.29, 0.717) is 29.1 Å². The molecule has 0 spiro atoms. The molecule has 0 saturated carbocycles. The zero-order valence-corrected chi connectivity index (χ0v) is 11.9. The van der Waals surface area contributed by atoms with Crippen LogP contribution in [0.1, 0.15) is 5.76 Å². The number of furan rings is 1. The second-order valence-corrected chi connectivity index (χ2v) is 6.63. The summed E-state index contributed by atoms with van der Waals surface area (Å²) in [7, 11) is -3.65. The van der Waals surface area contributed by atoms with E-state index in [1.807, 2.05) is 0 Å². The van der Waals surface area contributed by atoms with Crippen LogP contribution in [0.5, 0.6) is 0 Å². The minimum atomic E-state index is -3.65. The third kappa shape index (κ3) is 1.59. The van der Waals surface area contributed by atoms with Crippen LogP contribution in [0.15, 0.2) is 32.3 Å². The van der Waals surface area contributed by atoms with Gasteiger partial charge in [0.15, 0.2) is 5.82 Å². The Balaban J connectivity index is 2.09. The highest BCUT2D eigenvalue weighted by molar-refractivity contribution is 9.10. The van der Waals surface area contributed by atoms with Crippen LogP contribution in [0.25, 0.3) is 0 Å². The van der Waals surface area contributed by atoms with Gasteiger partial charge in [0.1, 0.15) is 5.76 Å². The zero-order valence-electron chi connectivity index (χ0n) is 9.50. The molecule has 0 bridgehead atoms. The van der Waals surface area contributed by atoms with Crippen molar-refractivity contribution in [1.29, 1.82) is 0 Å². The Bertz CT molecular complexity index is 704. The molecule has 3 rings (SSSR count). The van der Waals surface area contributed by atoms with E-state index in [-0.39, 0.29) is 5.09 Å².